The van der Waals surface area contributed by atoms with Gasteiger partial charge in [-0.15, -0.1) is 0 Å². The topological polar surface area (TPSA) is 45.1 Å². The van der Waals surface area contributed by atoms with Crippen LogP contribution in [-0.2, 0) is 14.1 Å². The number of aliphatic imine (C=N–C) groups is 1. The first-order valence-corrected chi connectivity index (χ1v) is 37.9. The third-order valence-corrected chi connectivity index (χ3v) is 22.0. The Hall–Kier alpha value is -8.91. The number of para-hydroxylation sites is 4. The summed E-state index contributed by atoms with van der Waals surface area (Å²) in [7, 11) is 24.6. The number of fused-ring (bicyclic) bond motifs is 2. The second kappa shape index (κ2) is 36.3. The Labute approximate surface area is 587 Å². The molecule has 8 nitrogen and oxygen atoms in total. The number of anilines is 4. The van der Waals surface area contributed by atoms with Crippen molar-refractivity contribution in [2.24, 2.45) is 19.1 Å². The summed E-state index contributed by atoms with van der Waals surface area (Å²) < 4.78 is 4.43. The molecule has 2 aliphatic rings. The molecule has 0 atom stereocenters. The van der Waals surface area contributed by atoms with Gasteiger partial charge < -0.3 is 24.9 Å². The highest BCUT2D eigenvalue weighted by molar-refractivity contribution is 8.77. The van der Waals surface area contributed by atoms with Crippen LogP contribution in [0.4, 0.5) is 22.7 Å². The summed E-state index contributed by atoms with van der Waals surface area (Å²) in [5.41, 5.74) is 21.4. The van der Waals surface area contributed by atoms with Crippen molar-refractivity contribution in [2.45, 2.75) is 6.42 Å². The molecule has 0 saturated carbocycles. The van der Waals surface area contributed by atoms with Crippen molar-refractivity contribution in [1.29, 1.82) is 0 Å². The van der Waals surface area contributed by atoms with Crippen LogP contribution in [-0.4, -0.2) is 97.2 Å². The first-order valence-electron chi connectivity index (χ1n) is 32.9. The average Bonchev–Trinajstić information content (AvgIpc) is 0.872. The Morgan fingerprint density at radius 3 is 1.75 bits per heavy atom. The summed E-state index contributed by atoms with van der Waals surface area (Å²) >= 11 is 0. The van der Waals surface area contributed by atoms with Gasteiger partial charge in [-0.05, 0) is 124 Å². The molecular weight excluding hydrogens is 1250 g/mol. The molecule has 0 spiro atoms. The SMILES string of the molecule is CN=C1C(C2=CC/C(=C(\C=C/NC)/C=C/c3ccc(N(C)CCSSCCN(C)c4ccc(/C=C/c5cc[n+](C)c6ccccc56)cc4)cc3)C=C2)=CC=C/C1=C/C=C/C=C/c1ccccc1N(C)CCSSCCN(C)c1ccccc1/C=C/c1ccc2ccccc2[n+]1C. The fourth-order valence-electron chi connectivity index (χ4n) is 11.6. The molecule has 10 rings (SSSR count). The minimum atomic E-state index is 0.812. The maximum Gasteiger partial charge on any atom is 0.212 e. The van der Waals surface area contributed by atoms with Crippen LogP contribution in [0.3, 0.4) is 0 Å². The zero-order chi connectivity index (χ0) is 66.9. The Bertz CT molecular complexity index is 4370. The van der Waals surface area contributed by atoms with Gasteiger partial charge in [-0.1, -0.05) is 219 Å². The van der Waals surface area contributed by atoms with Gasteiger partial charge in [-0.25, -0.2) is 4.57 Å². The molecule has 488 valence electrons. The highest BCUT2D eigenvalue weighted by atomic mass is 33.1. The highest BCUT2D eigenvalue weighted by Gasteiger charge is 2.18. The molecule has 12 heteroatoms. The standard InChI is InChI=1S/C84H90N8S4/c1-85-55-53-68(39-33-65-35-47-75(48-36-65)87(3)57-61-93-94-62-58-88(4)76-49-37-66(38-50-76)34-40-70-54-56-89(5)83-32-19-15-27-78(70)83)67-41-43-69(44-42-67)79-28-20-26-74(84(79)86-2)25-11-9-10-21-71-22-12-16-29-80(71)90(6)59-63-95-96-64-60-91(7)81-30-17-13-23-72(81)45-51-77-52-46-73-24-14-18-31-82(73)92(77)8/h9-41,43-56,85H,42,57-64H2,1-8H3/q+2/b11-9+,21-10+,39-33+,55-53-,68-67-,74-25-,86-84?. The first-order chi connectivity index (χ1) is 47.0. The summed E-state index contributed by atoms with van der Waals surface area (Å²) in [5.74, 6) is 4.18. The van der Waals surface area contributed by atoms with E-state index in [1.54, 1.807) is 0 Å². The van der Waals surface area contributed by atoms with Crippen LogP contribution in [0, 0.1) is 0 Å². The maximum absolute atomic E-state index is 4.82. The zero-order valence-corrected chi connectivity index (χ0v) is 60.0. The number of aryl methyl sites for hydroxylation is 2. The van der Waals surface area contributed by atoms with Crippen molar-refractivity contribution in [3.05, 3.63) is 310 Å². The van der Waals surface area contributed by atoms with Crippen molar-refractivity contribution in [1.82, 2.24) is 5.32 Å². The van der Waals surface area contributed by atoms with Crippen LogP contribution in [0.2, 0.25) is 0 Å². The fraction of sp³-hybridized carbons (Fsp3) is 0.202. The molecule has 0 unspecified atom stereocenters. The second-order valence-corrected chi connectivity index (χ2v) is 29.1. The zero-order valence-electron chi connectivity index (χ0n) is 56.8. The molecule has 0 aliphatic heterocycles. The molecule has 2 aromatic heterocycles. The molecule has 0 amide bonds. The minimum absolute atomic E-state index is 0.812. The van der Waals surface area contributed by atoms with E-state index in [0.29, 0.717) is 0 Å². The average molecular weight is 1340 g/mol. The normalized spacial score (nSPS) is 14.9. The van der Waals surface area contributed by atoms with Crippen molar-refractivity contribution in [3.8, 4) is 0 Å². The molecule has 0 fully saturated rings. The Kier molecular flexibility index (Phi) is 26.4. The van der Waals surface area contributed by atoms with Crippen molar-refractivity contribution in [2.75, 3.05) is 111 Å². The van der Waals surface area contributed by atoms with E-state index < -0.39 is 0 Å². The quantitative estimate of drug-likeness (QED) is 0.0205. The lowest BCUT2D eigenvalue weighted by Gasteiger charge is -2.22. The lowest BCUT2D eigenvalue weighted by molar-refractivity contribution is -0.646. The van der Waals surface area contributed by atoms with E-state index in [9.17, 15) is 0 Å². The van der Waals surface area contributed by atoms with Gasteiger partial charge in [0.25, 0.3) is 0 Å². The van der Waals surface area contributed by atoms with Gasteiger partial charge in [0.05, 0.1) is 11.1 Å². The number of hydrogen-bond donors (Lipinski definition) is 1. The molecule has 2 heterocycles. The third kappa shape index (κ3) is 19.4. The Balaban J connectivity index is 0.638. The predicted octanol–water partition coefficient (Wildman–Crippen LogP) is 18.6. The molecule has 8 aromatic rings. The summed E-state index contributed by atoms with van der Waals surface area (Å²) in [6, 6.07) is 58.8. The monoisotopic (exact) mass is 1340 g/mol. The summed E-state index contributed by atoms with van der Waals surface area (Å²) in [4.78, 5) is 14.3. The van der Waals surface area contributed by atoms with Gasteiger partial charge in [-0.2, -0.15) is 4.57 Å². The molecule has 2 aliphatic carbocycles. The number of nitrogens with zero attached hydrogens (tertiary/aromatic N) is 7. The molecule has 0 bridgehead atoms. The highest BCUT2D eigenvalue weighted by Crippen LogP contribution is 2.32. The van der Waals surface area contributed by atoms with E-state index in [2.05, 4.69) is 356 Å². The van der Waals surface area contributed by atoms with Gasteiger partial charge in [0.1, 0.15) is 14.1 Å². The van der Waals surface area contributed by atoms with Crippen LogP contribution in [0.5, 0.6) is 0 Å². The van der Waals surface area contributed by atoms with Crippen LogP contribution in [0.25, 0.3) is 58.3 Å². The van der Waals surface area contributed by atoms with E-state index in [1.165, 1.54) is 94.8 Å². The summed E-state index contributed by atoms with van der Waals surface area (Å²) in [6.45, 7) is 3.89. The van der Waals surface area contributed by atoms with Crippen LogP contribution >= 0.6 is 43.2 Å². The number of allylic oxidation sites excluding steroid dienone is 17. The van der Waals surface area contributed by atoms with Crippen molar-refractivity contribution >= 4 is 130 Å². The molecule has 6 aromatic carbocycles. The van der Waals surface area contributed by atoms with Crippen molar-refractivity contribution < 1.29 is 9.13 Å². The summed E-state index contributed by atoms with van der Waals surface area (Å²) in [6.07, 6.45) is 44.4. The maximum atomic E-state index is 4.82. The van der Waals surface area contributed by atoms with Gasteiger partial charge in [0, 0.05) is 161 Å². The molecule has 1 N–H and O–H groups in total. The van der Waals surface area contributed by atoms with Crippen LogP contribution < -0.4 is 34.1 Å². The second-order valence-electron chi connectivity index (χ2n) is 23.7. The number of benzene rings is 6. The van der Waals surface area contributed by atoms with E-state index in [1.807, 2.05) is 63.5 Å². The number of nitrogens with one attached hydrogen (secondary N) is 1. The molecule has 96 heavy (non-hydrogen) atoms. The van der Waals surface area contributed by atoms with Gasteiger partial charge in [-0.3, -0.25) is 4.99 Å². The van der Waals surface area contributed by atoms with Gasteiger partial charge >= 0.3 is 0 Å². The van der Waals surface area contributed by atoms with E-state index in [4.69, 9.17) is 4.99 Å². The van der Waals surface area contributed by atoms with E-state index >= 15 is 0 Å². The van der Waals surface area contributed by atoms with E-state index in [0.717, 1.165) is 72.5 Å². The first kappa shape index (κ1) is 69.9. The number of pyridine rings is 2. The largest absolute Gasteiger partial charge is 0.394 e. The number of aromatic nitrogens is 2. The lowest BCUT2D eigenvalue weighted by atomic mass is 9.87. The summed E-state index contributed by atoms with van der Waals surface area (Å²) in [5, 5.41) is 5.70. The van der Waals surface area contributed by atoms with Crippen LogP contribution in [0.15, 0.2) is 282 Å². The Morgan fingerprint density at radius 2 is 1.11 bits per heavy atom. The number of rotatable bonds is 30. The molecule has 0 saturated heterocycles. The fourth-order valence-corrected chi connectivity index (χ4v) is 15.8. The van der Waals surface area contributed by atoms with Crippen LogP contribution in [0.1, 0.15) is 39.9 Å². The van der Waals surface area contributed by atoms with Gasteiger partial charge in [0.2, 0.25) is 16.7 Å². The lowest BCUT2D eigenvalue weighted by Crippen LogP contribution is -2.32. The van der Waals surface area contributed by atoms with Crippen molar-refractivity contribution in [3.63, 3.8) is 0 Å². The molecule has 0 radical (unpaired) electrons. The smallest absolute Gasteiger partial charge is 0.212 e. The Morgan fingerprint density at radius 1 is 0.531 bits per heavy atom. The predicted molar refractivity (Wildman–Crippen MR) is 430 cm³/mol. The van der Waals surface area contributed by atoms with E-state index in [-0.39, 0.29) is 0 Å². The van der Waals surface area contributed by atoms with Gasteiger partial charge in [0.15, 0.2) is 6.20 Å². The minimum Gasteiger partial charge on any atom is -0.394 e. The number of hydrogen-bond acceptors (Lipinski definition) is 10. The molecular formula is C84H90N8S4+2. The third-order valence-electron chi connectivity index (χ3n) is 17.3.